The Bertz CT molecular complexity index is 169. The zero-order valence-corrected chi connectivity index (χ0v) is 9.21. The largest absolute Gasteiger partial charge is 0.393 e. The van der Waals surface area contributed by atoms with E-state index >= 15 is 0 Å². The zero-order chi connectivity index (χ0) is 9.97. The second-order valence-electron chi connectivity index (χ2n) is 5.36. The van der Waals surface area contributed by atoms with E-state index in [0.717, 1.165) is 37.3 Å². The Hall–Kier alpha value is -0.0800. The molecular formula is C12H23NO. The van der Waals surface area contributed by atoms with Gasteiger partial charge in [-0.25, -0.2) is 0 Å². The summed E-state index contributed by atoms with van der Waals surface area (Å²) in [6.45, 7) is 3.49. The van der Waals surface area contributed by atoms with E-state index in [4.69, 9.17) is 5.11 Å². The van der Waals surface area contributed by atoms with E-state index < -0.39 is 0 Å². The molecule has 0 saturated heterocycles. The van der Waals surface area contributed by atoms with Gasteiger partial charge in [-0.2, -0.15) is 0 Å². The van der Waals surface area contributed by atoms with Crippen LogP contribution < -0.4 is 5.32 Å². The van der Waals surface area contributed by atoms with Crippen LogP contribution in [0.5, 0.6) is 0 Å². The van der Waals surface area contributed by atoms with Crippen molar-refractivity contribution in [2.75, 3.05) is 6.54 Å². The Morgan fingerprint density at radius 3 is 2.36 bits per heavy atom. The van der Waals surface area contributed by atoms with Crippen LogP contribution in [0, 0.1) is 11.8 Å². The van der Waals surface area contributed by atoms with Crippen molar-refractivity contribution in [3.8, 4) is 0 Å². The molecule has 2 heteroatoms. The topological polar surface area (TPSA) is 32.3 Å². The summed E-state index contributed by atoms with van der Waals surface area (Å²) < 4.78 is 0. The van der Waals surface area contributed by atoms with Gasteiger partial charge < -0.3 is 10.4 Å². The molecule has 2 fully saturated rings. The van der Waals surface area contributed by atoms with Gasteiger partial charge in [-0.1, -0.05) is 6.92 Å². The van der Waals surface area contributed by atoms with Crippen LogP contribution >= 0.6 is 0 Å². The van der Waals surface area contributed by atoms with Crippen molar-refractivity contribution in [1.29, 1.82) is 0 Å². The minimum atomic E-state index is 0.00757. The third kappa shape index (κ3) is 2.71. The molecule has 0 aromatic rings. The fraction of sp³-hybridized carbons (Fsp3) is 1.00. The van der Waals surface area contributed by atoms with Crippen molar-refractivity contribution in [1.82, 2.24) is 5.32 Å². The first kappa shape index (κ1) is 10.4. The normalized spacial score (nSPS) is 43.3. The lowest BCUT2D eigenvalue weighted by Gasteiger charge is -2.34. The van der Waals surface area contributed by atoms with Crippen LogP contribution in [-0.2, 0) is 0 Å². The molecule has 14 heavy (non-hydrogen) atoms. The third-order valence-electron chi connectivity index (χ3n) is 3.92. The lowest BCUT2D eigenvalue weighted by molar-refractivity contribution is 0.0410. The first-order valence-electron chi connectivity index (χ1n) is 6.15. The molecule has 2 aliphatic carbocycles. The van der Waals surface area contributed by atoms with E-state index in [2.05, 4.69) is 12.2 Å². The van der Waals surface area contributed by atoms with E-state index in [0.29, 0.717) is 0 Å². The van der Waals surface area contributed by atoms with Crippen molar-refractivity contribution in [3.05, 3.63) is 0 Å². The van der Waals surface area contributed by atoms with Gasteiger partial charge in [-0.05, 0) is 56.9 Å². The molecule has 0 bridgehead atoms. The number of aliphatic hydroxyl groups excluding tert-OH is 1. The summed E-state index contributed by atoms with van der Waals surface area (Å²) in [6, 6.07) is 0.768. The van der Waals surface area contributed by atoms with Crippen LogP contribution in [0.4, 0.5) is 0 Å². The molecule has 0 radical (unpaired) electrons. The quantitative estimate of drug-likeness (QED) is 0.724. The molecule has 2 N–H and O–H groups in total. The van der Waals surface area contributed by atoms with E-state index in [1.165, 1.54) is 25.7 Å². The second kappa shape index (κ2) is 4.63. The number of hydrogen-bond acceptors (Lipinski definition) is 2. The first-order valence-corrected chi connectivity index (χ1v) is 6.15. The van der Waals surface area contributed by atoms with Gasteiger partial charge in [0.15, 0.2) is 0 Å². The maximum absolute atomic E-state index is 9.16. The van der Waals surface area contributed by atoms with E-state index in [1.54, 1.807) is 0 Å². The van der Waals surface area contributed by atoms with E-state index in [-0.39, 0.29) is 6.10 Å². The van der Waals surface area contributed by atoms with Crippen LogP contribution in [0.1, 0.15) is 45.4 Å². The van der Waals surface area contributed by atoms with Gasteiger partial charge in [0.1, 0.15) is 0 Å². The van der Waals surface area contributed by atoms with Crippen molar-refractivity contribution in [3.63, 3.8) is 0 Å². The Morgan fingerprint density at radius 1 is 1.14 bits per heavy atom. The highest BCUT2D eigenvalue weighted by Crippen LogP contribution is 2.28. The molecule has 0 heterocycles. The number of hydrogen-bond donors (Lipinski definition) is 2. The number of aliphatic hydroxyl groups is 1. The first-order chi connectivity index (χ1) is 6.74. The molecule has 0 aliphatic heterocycles. The molecule has 2 aliphatic rings. The standard InChI is InChI=1S/C12H23NO/c1-9-2-4-11(5-3-9)13-8-10-6-12(14)7-10/h9-14H,2-8H2,1H3. The summed E-state index contributed by atoms with van der Waals surface area (Å²) in [6.07, 6.45) is 7.56. The van der Waals surface area contributed by atoms with Gasteiger partial charge in [0.2, 0.25) is 0 Å². The summed E-state index contributed by atoms with van der Waals surface area (Å²) in [5, 5.41) is 12.8. The second-order valence-corrected chi connectivity index (χ2v) is 5.36. The molecule has 0 atom stereocenters. The third-order valence-corrected chi connectivity index (χ3v) is 3.92. The molecule has 0 aromatic carbocycles. The number of nitrogens with one attached hydrogen (secondary N) is 1. The molecule has 0 amide bonds. The minimum Gasteiger partial charge on any atom is -0.393 e. The van der Waals surface area contributed by atoms with Crippen LogP contribution in [0.15, 0.2) is 0 Å². The van der Waals surface area contributed by atoms with Crippen LogP contribution in [0.2, 0.25) is 0 Å². The van der Waals surface area contributed by atoms with Crippen LogP contribution in [0.25, 0.3) is 0 Å². The lowest BCUT2D eigenvalue weighted by atomic mass is 9.81. The lowest BCUT2D eigenvalue weighted by Crippen LogP contribution is -2.41. The van der Waals surface area contributed by atoms with Gasteiger partial charge in [0.25, 0.3) is 0 Å². The molecule has 82 valence electrons. The smallest absolute Gasteiger partial charge is 0.0546 e. The zero-order valence-electron chi connectivity index (χ0n) is 9.21. The summed E-state index contributed by atoms with van der Waals surface area (Å²) in [5.41, 5.74) is 0. The fourth-order valence-electron chi connectivity index (χ4n) is 2.66. The summed E-state index contributed by atoms with van der Waals surface area (Å²) in [5.74, 6) is 1.70. The molecule has 2 nitrogen and oxygen atoms in total. The molecule has 2 saturated carbocycles. The van der Waals surface area contributed by atoms with Crippen molar-refractivity contribution in [2.24, 2.45) is 11.8 Å². The Labute approximate surface area is 87.1 Å². The monoisotopic (exact) mass is 197 g/mol. The predicted octanol–water partition coefficient (Wildman–Crippen LogP) is 1.93. The maximum Gasteiger partial charge on any atom is 0.0546 e. The van der Waals surface area contributed by atoms with Gasteiger partial charge in [-0.3, -0.25) is 0 Å². The molecule has 0 aromatic heterocycles. The van der Waals surface area contributed by atoms with E-state index in [9.17, 15) is 0 Å². The summed E-state index contributed by atoms with van der Waals surface area (Å²) in [4.78, 5) is 0. The Balaban J connectivity index is 1.57. The molecule has 0 spiro atoms. The van der Waals surface area contributed by atoms with Crippen LogP contribution in [0.3, 0.4) is 0 Å². The SMILES string of the molecule is CC1CCC(NCC2CC(O)C2)CC1. The van der Waals surface area contributed by atoms with Gasteiger partial charge in [0.05, 0.1) is 6.10 Å². The van der Waals surface area contributed by atoms with Gasteiger partial charge >= 0.3 is 0 Å². The highest BCUT2D eigenvalue weighted by atomic mass is 16.3. The number of rotatable bonds is 3. The van der Waals surface area contributed by atoms with Gasteiger partial charge in [-0.15, -0.1) is 0 Å². The Kier molecular flexibility index (Phi) is 3.45. The van der Waals surface area contributed by atoms with Crippen molar-refractivity contribution >= 4 is 0 Å². The highest BCUT2D eigenvalue weighted by Gasteiger charge is 2.27. The predicted molar refractivity (Wildman–Crippen MR) is 58.2 cm³/mol. The van der Waals surface area contributed by atoms with Gasteiger partial charge in [0, 0.05) is 6.04 Å². The molecule has 0 unspecified atom stereocenters. The summed E-state index contributed by atoms with van der Waals surface area (Å²) in [7, 11) is 0. The summed E-state index contributed by atoms with van der Waals surface area (Å²) >= 11 is 0. The maximum atomic E-state index is 9.16. The van der Waals surface area contributed by atoms with E-state index in [1.807, 2.05) is 0 Å². The van der Waals surface area contributed by atoms with Crippen molar-refractivity contribution in [2.45, 2.75) is 57.6 Å². The molecule has 2 rings (SSSR count). The highest BCUT2D eigenvalue weighted by molar-refractivity contribution is 4.83. The van der Waals surface area contributed by atoms with Crippen LogP contribution in [-0.4, -0.2) is 23.8 Å². The minimum absolute atomic E-state index is 0.00757. The average Bonchev–Trinajstić information content (AvgIpc) is 2.13. The Morgan fingerprint density at radius 2 is 1.79 bits per heavy atom. The molecular weight excluding hydrogens is 174 g/mol. The van der Waals surface area contributed by atoms with Crippen molar-refractivity contribution < 1.29 is 5.11 Å². The fourth-order valence-corrected chi connectivity index (χ4v) is 2.66. The average molecular weight is 197 g/mol.